The van der Waals surface area contributed by atoms with Crippen LogP contribution in [-0.2, 0) is 0 Å². The van der Waals surface area contributed by atoms with Crippen LogP contribution in [-0.4, -0.2) is 24.2 Å². The Balaban J connectivity index is 2.39. The Kier molecular flexibility index (Phi) is 4.14. The Morgan fingerprint density at radius 1 is 1.10 bits per heavy atom. The van der Waals surface area contributed by atoms with Crippen LogP contribution >= 0.6 is 11.6 Å². The third kappa shape index (κ3) is 3.03. The number of nitrogens with zero attached hydrogens (tertiary/aromatic N) is 2. The standard InChI is InChI=1S/C13H15ClN4O2/c1-7-16-12(15)6-13(17-7)18-9-4-8(14)10(19-2)5-11(9)20-3/h4-6H,1-3H3,(H3,15,16,17,18). The molecule has 20 heavy (non-hydrogen) atoms. The van der Waals surface area contributed by atoms with E-state index in [0.717, 1.165) is 0 Å². The van der Waals surface area contributed by atoms with Gasteiger partial charge in [-0.15, -0.1) is 0 Å². The molecule has 7 heteroatoms. The molecule has 0 amide bonds. The zero-order chi connectivity index (χ0) is 14.7. The van der Waals surface area contributed by atoms with E-state index in [-0.39, 0.29) is 0 Å². The normalized spacial score (nSPS) is 10.2. The molecule has 0 aliphatic rings. The molecule has 0 aliphatic carbocycles. The maximum absolute atomic E-state index is 6.11. The maximum Gasteiger partial charge on any atom is 0.146 e. The van der Waals surface area contributed by atoms with Crippen molar-refractivity contribution in [3.05, 3.63) is 29.0 Å². The number of methoxy groups -OCH3 is 2. The number of rotatable bonds is 4. The molecule has 0 unspecified atom stereocenters. The second-order valence-electron chi connectivity index (χ2n) is 4.04. The molecular formula is C13H15ClN4O2. The minimum absolute atomic E-state index is 0.388. The molecular weight excluding hydrogens is 280 g/mol. The number of nitrogens with one attached hydrogen (secondary N) is 1. The van der Waals surface area contributed by atoms with Crippen LogP contribution in [0.3, 0.4) is 0 Å². The van der Waals surface area contributed by atoms with Gasteiger partial charge in [0.05, 0.1) is 24.9 Å². The number of nitrogen functional groups attached to an aromatic ring is 1. The number of anilines is 3. The highest BCUT2D eigenvalue weighted by Crippen LogP contribution is 2.37. The predicted molar refractivity (Wildman–Crippen MR) is 79.0 cm³/mol. The first-order chi connectivity index (χ1) is 9.53. The first-order valence-electron chi connectivity index (χ1n) is 5.83. The van der Waals surface area contributed by atoms with E-state index in [1.165, 1.54) is 0 Å². The van der Waals surface area contributed by atoms with Crippen molar-refractivity contribution < 1.29 is 9.47 Å². The largest absolute Gasteiger partial charge is 0.495 e. The van der Waals surface area contributed by atoms with Crippen LogP contribution in [0.1, 0.15) is 5.82 Å². The van der Waals surface area contributed by atoms with Crippen molar-refractivity contribution in [2.75, 3.05) is 25.3 Å². The van der Waals surface area contributed by atoms with Crippen molar-refractivity contribution >= 4 is 28.9 Å². The van der Waals surface area contributed by atoms with Crippen molar-refractivity contribution in [1.82, 2.24) is 9.97 Å². The summed E-state index contributed by atoms with van der Waals surface area (Å²) in [4.78, 5) is 8.26. The fraction of sp³-hybridized carbons (Fsp3) is 0.231. The van der Waals surface area contributed by atoms with Crippen LogP contribution in [0.2, 0.25) is 5.02 Å². The molecule has 0 radical (unpaired) electrons. The zero-order valence-corrected chi connectivity index (χ0v) is 12.2. The van der Waals surface area contributed by atoms with Gasteiger partial charge in [0.1, 0.15) is 29.0 Å². The number of benzene rings is 1. The Bertz CT molecular complexity index is 614. The first kappa shape index (κ1) is 14.2. The zero-order valence-electron chi connectivity index (χ0n) is 11.4. The van der Waals surface area contributed by atoms with E-state index in [1.807, 2.05) is 0 Å². The van der Waals surface area contributed by atoms with Gasteiger partial charge in [-0.1, -0.05) is 11.6 Å². The number of ether oxygens (including phenoxy) is 2. The number of aryl methyl sites for hydroxylation is 1. The van der Waals surface area contributed by atoms with Crippen molar-refractivity contribution in [2.45, 2.75) is 6.92 Å². The van der Waals surface area contributed by atoms with Gasteiger partial charge in [-0.05, 0) is 13.0 Å². The molecule has 2 aromatic rings. The molecule has 1 aromatic heterocycles. The van der Waals surface area contributed by atoms with E-state index in [0.29, 0.717) is 39.7 Å². The smallest absolute Gasteiger partial charge is 0.146 e. The lowest BCUT2D eigenvalue weighted by atomic mass is 10.2. The van der Waals surface area contributed by atoms with E-state index in [9.17, 15) is 0 Å². The first-order valence-corrected chi connectivity index (χ1v) is 6.21. The molecule has 0 bridgehead atoms. The highest BCUT2D eigenvalue weighted by atomic mass is 35.5. The quantitative estimate of drug-likeness (QED) is 0.902. The molecule has 1 heterocycles. The topological polar surface area (TPSA) is 82.3 Å². The summed E-state index contributed by atoms with van der Waals surface area (Å²) in [5.41, 5.74) is 6.35. The fourth-order valence-electron chi connectivity index (χ4n) is 1.75. The van der Waals surface area contributed by atoms with Crippen molar-refractivity contribution in [1.29, 1.82) is 0 Å². The van der Waals surface area contributed by atoms with Gasteiger partial charge >= 0.3 is 0 Å². The monoisotopic (exact) mass is 294 g/mol. The van der Waals surface area contributed by atoms with Crippen LogP contribution in [0.5, 0.6) is 11.5 Å². The van der Waals surface area contributed by atoms with Crippen LogP contribution in [0, 0.1) is 6.92 Å². The van der Waals surface area contributed by atoms with Crippen molar-refractivity contribution in [3.8, 4) is 11.5 Å². The van der Waals surface area contributed by atoms with E-state index in [4.69, 9.17) is 26.8 Å². The lowest BCUT2D eigenvalue weighted by Gasteiger charge is -2.13. The number of halogens is 1. The summed E-state index contributed by atoms with van der Waals surface area (Å²) in [6.07, 6.45) is 0. The van der Waals surface area contributed by atoms with Crippen LogP contribution in [0.15, 0.2) is 18.2 Å². The molecule has 1 aromatic carbocycles. The fourth-order valence-corrected chi connectivity index (χ4v) is 1.99. The van der Waals surface area contributed by atoms with E-state index in [1.54, 1.807) is 39.3 Å². The highest BCUT2D eigenvalue weighted by molar-refractivity contribution is 6.32. The van der Waals surface area contributed by atoms with Gasteiger partial charge in [0, 0.05) is 12.1 Å². The average molecular weight is 295 g/mol. The lowest BCUT2D eigenvalue weighted by Crippen LogP contribution is -2.02. The number of hydrogen-bond donors (Lipinski definition) is 2. The molecule has 2 rings (SSSR count). The molecule has 0 fully saturated rings. The Morgan fingerprint density at radius 2 is 1.80 bits per heavy atom. The second kappa shape index (κ2) is 5.83. The van der Waals surface area contributed by atoms with E-state index in [2.05, 4.69) is 15.3 Å². The summed E-state index contributed by atoms with van der Waals surface area (Å²) in [5.74, 6) is 2.65. The van der Waals surface area contributed by atoms with Crippen LogP contribution in [0.4, 0.5) is 17.3 Å². The maximum atomic E-state index is 6.11. The Hall–Kier alpha value is -2.21. The summed E-state index contributed by atoms with van der Waals surface area (Å²) >= 11 is 6.11. The highest BCUT2D eigenvalue weighted by Gasteiger charge is 2.11. The molecule has 0 atom stereocenters. The molecule has 3 N–H and O–H groups in total. The van der Waals surface area contributed by atoms with Crippen LogP contribution in [0.25, 0.3) is 0 Å². The summed E-state index contributed by atoms with van der Waals surface area (Å²) in [7, 11) is 3.11. The summed E-state index contributed by atoms with van der Waals surface area (Å²) in [5, 5.41) is 3.57. The van der Waals surface area contributed by atoms with Gasteiger partial charge in [-0.2, -0.15) is 0 Å². The number of hydrogen-bond acceptors (Lipinski definition) is 6. The van der Waals surface area contributed by atoms with Gasteiger partial charge in [0.25, 0.3) is 0 Å². The third-order valence-corrected chi connectivity index (χ3v) is 2.89. The van der Waals surface area contributed by atoms with Gasteiger partial charge in [-0.25, -0.2) is 9.97 Å². The summed E-state index contributed by atoms with van der Waals surface area (Å²) in [6.45, 7) is 1.76. The van der Waals surface area contributed by atoms with E-state index >= 15 is 0 Å². The predicted octanol–water partition coefficient (Wildman–Crippen LogP) is 2.78. The molecule has 6 nitrogen and oxygen atoms in total. The number of aromatic nitrogens is 2. The average Bonchev–Trinajstić information content (AvgIpc) is 2.38. The molecule has 106 valence electrons. The summed E-state index contributed by atoms with van der Waals surface area (Å²) < 4.78 is 10.4. The molecule has 0 aliphatic heterocycles. The minimum atomic E-state index is 0.388. The molecule has 0 saturated carbocycles. The van der Waals surface area contributed by atoms with Crippen molar-refractivity contribution in [3.63, 3.8) is 0 Å². The molecule has 0 spiro atoms. The van der Waals surface area contributed by atoms with Gasteiger partial charge in [-0.3, -0.25) is 0 Å². The van der Waals surface area contributed by atoms with Gasteiger partial charge in [0.15, 0.2) is 0 Å². The summed E-state index contributed by atoms with van der Waals surface area (Å²) in [6, 6.07) is 5.03. The minimum Gasteiger partial charge on any atom is -0.495 e. The number of nitrogens with two attached hydrogens (primary N) is 1. The van der Waals surface area contributed by atoms with E-state index < -0.39 is 0 Å². The van der Waals surface area contributed by atoms with Crippen molar-refractivity contribution in [2.24, 2.45) is 0 Å². The second-order valence-corrected chi connectivity index (χ2v) is 4.44. The molecule has 0 saturated heterocycles. The Morgan fingerprint density at radius 3 is 2.40 bits per heavy atom. The SMILES string of the molecule is COc1cc(OC)c(Nc2cc(N)nc(C)n2)cc1Cl. The van der Waals surface area contributed by atoms with Crippen LogP contribution < -0.4 is 20.5 Å². The van der Waals surface area contributed by atoms with Gasteiger partial charge in [0.2, 0.25) is 0 Å². The Labute approximate surface area is 121 Å². The lowest BCUT2D eigenvalue weighted by molar-refractivity contribution is 0.396. The van der Waals surface area contributed by atoms with Gasteiger partial charge < -0.3 is 20.5 Å². The third-order valence-electron chi connectivity index (χ3n) is 2.59.